The Morgan fingerprint density at radius 3 is 2.70 bits per heavy atom. The van der Waals surface area contributed by atoms with Crippen molar-refractivity contribution in [3.63, 3.8) is 0 Å². The Labute approximate surface area is 123 Å². The van der Waals surface area contributed by atoms with Crippen molar-refractivity contribution in [1.29, 1.82) is 0 Å². The second kappa shape index (κ2) is 5.90. The lowest BCUT2D eigenvalue weighted by Crippen LogP contribution is -2.16. The molecule has 2 heterocycles. The molecule has 0 saturated heterocycles. The van der Waals surface area contributed by atoms with Gasteiger partial charge in [-0.2, -0.15) is 0 Å². The maximum absolute atomic E-state index is 12.5. The van der Waals surface area contributed by atoms with E-state index in [0.29, 0.717) is 17.1 Å². The van der Waals surface area contributed by atoms with E-state index in [-0.39, 0.29) is 0 Å². The van der Waals surface area contributed by atoms with E-state index in [2.05, 4.69) is 15.0 Å². The zero-order chi connectivity index (χ0) is 14.8. The van der Waals surface area contributed by atoms with Crippen molar-refractivity contribution in [1.82, 2.24) is 10.3 Å². The van der Waals surface area contributed by atoms with Gasteiger partial charge < -0.3 is 5.32 Å². The van der Waals surface area contributed by atoms with Crippen LogP contribution in [0.1, 0.15) is 16.0 Å². The number of aromatic nitrogens is 1. The van der Waals surface area contributed by atoms with Crippen LogP contribution >= 0.6 is 11.3 Å². The number of hydrogen-bond donors (Lipinski definition) is 2. The van der Waals surface area contributed by atoms with E-state index < -0.39 is 10.0 Å². The number of anilines is 1. The van der Waals surface area contributed by atoms with Gasteiger partial charge in [-0.1, -0.05) is 0 Å². The molecule has 2 rings (SSSR count). The molecule has 108 valence electrons. The summed E-state index contributed by atoms with van der Waals surface area (Å²) in [5.41, 5.74) is 2.14. The van der Waals surface area contributed by atoms with Crippen molar-refractivity contribution in [2.45, 2.75) is 25.3 Å². The summed E-state index contributed by atoms with van der Waals surface area (Å²) in [5.74, 6) is 0. The quantitative estimate of drug-likeness (QED) is 0.888. The van der Waals surface area contributed by atoms with Crippen LogP contribution in [0.3, 0.4) is 0 Å². The summed E-state index contributed by atoms with van der Waals surface area (Å²) >= 11 is 1.44. The Kier molecular flexibility index (Phi) is 4.42. The molecule has 0 aliphatic heterocycles. The summed E-state index contributed by atoms with van der Waals surface area (Å²) in [6.07, 6.45) is 3.18. The minimum absolute atomic E-state index is 0.360. The van der Waals surface area contributed by atoms with Crippen molar-refractivity contribution < 1.29 is 8.42 Å². The molecule has 0 unspecified atom stereocenters. The third-order valence-corrected chi connectivity index (χ3v) is 5.57. The molecule has 0 radical (unpaired) electrons. The molecule has 5 nitrogen and oxygen atoms in total. The normalized spacial score (nSPS) is 11.6. The van der Waals surface area contributed by atoms with Crippen molar-refractivity contribution >= 4 is 27.0 Å². The third kappa shape index (κ3) is 3.17. The molecule has 0 atom stereocenters. The number of hydrogen-bond acceptors (Lipinski definition) is 5. The lowest BCUT2D eigenvalue weighted by atomic mass is 10.3. The lowest BCUT2D eigenvalue weighted by Gasteiger charge is -2.10. The Balaban J connectivity index is 2.38. The molecule has 20 heavy (non-hydrogen) atoms. The molecule has 0 aromatic carbocycles. The molecule has 0 fully saturated rings. The van der Waals surface area contributed by atoms with Gasteiger partial charge in [-0.15, -0.1) is 11.3 Å². The zero-order valence-electron chi connectivity index (χ0n) is 11.6. The topological polar surface area (TPSA) is 71.1 Å². The van der Waals surface area contributed by atoms with Gasteiger partial charge in [-0.3, -0.25) is 9.71 Å². The van der Waals surface area contributed by atoms with Gasteiger partial charge in [0.15, 0.2) is 0 Å². The summed E-state index contributed by atoms with van der Waals surface area (Å²) < 4.78 is 27.7. The SMILES string of the molecule is CNCc1scc(C)c1S(=O)(=O)Nc1cncc(C)c1. The van der Waals surface area contributed by atoms with E-state index in [1.54, 1.807) is 26.2 Å². The van der Waals surface area contributed by atoms with E-state index in [1.165, 1.54) is 17.5 Å². The van der Waals surface area contributed by atoms with Gasteiger partial charge in [0, 0.05) is 17.6 Å². The van der Waals surface area contributed by atoms with Gasteiger partial charge in [-0.05, 0) is 43.5 Å². The first kappa shape index (κ1) is 15.0. The molecule has 0 spiro atoms. The minimum Gasteiger partial charge on any atom is -0.315 e. The molecule has 0 amide bonds. The molecule has 2 N–H and O–H groups in total. The van der Waals surface area contributed by atoms with Crippen molar-refractivity contribution in [2.24, 2.45) is 0 Å². The molecule has 0 aliphatic carbocycles. The fourth-order valence-corrected chi connectivity index (χ4v) is 4.81. The van der Waals surface area contributed by atoms with Crippen LogP contribution in [0.5, 0.6) is 0 Å². The van der Waals surface area contributed by atoms with Crippen LogP contribution in [-0.4, -0.2) is 20.4 Å². The summed E-state index contributed by atoms with van der Waals surface area (Å²) in [6, 6.07) is 1.75. The first-order chi connectivity index (χ1) is 9.44. The maximum Gasteiger partial charge on any atom is 0.263 e. The first-order valence-corrected chi connectivity index (χ1v) is 8.46. The predicted molar refractivity (Wildman–Crippen MR) is 81.6 cm³/mol. The van der Waals surface area contributed by atoms with Crippen molar-refractivity contribution in [3.8, 4) is 0 Å². The highest BCUT2D eigenvalue weighted by molar-refractivity contribution is 7.93. The highest BCUT2D eigenvalue weighted by Gasteiger charge is 2.22. The highest BCUT2D eigenvalue weighted by atomic mass is 32.2. The molecule has 0 aliphatic rings. The van der Waals surface area contributed by atoms with Crippen LogP contribution < -0.4 is 10.0 Å². The van der Waals surface area contributed by atoms with Crippen LogP contribution in [-0.2, 0) is 16.6 Å². The third-order valence-electron chi connectivity index (χ3n) is 2.72. The van der Waals surface area contributed by atoms with E-state index in [1.807, 2.05) is 12.3 Å². The first-order valence-electron chi connectivity index (χ1n) is 6.10. The minimum atomic E-state index is -3.59. The molecule has 2 aromatic rings. The number of sulfonamides is 1. The van der Waals surface area contributed by atoms with Gasteiger partial charge in [0.2, 0.25) is 0 Å². The number of thiophene rings is 1. The summed E-state index contributed by atoms with van der Waals surface area (Å²) in [7, 11) is -1.79. The monoisotopic (exact) mass is 311 g/mol. The van der Waals surface area contributed by atoms with Crippen LogP contribution in [0.15, 0.2) is 28.7 Å². The predicted octanol–water partition coefficient (Wildman–Crippen LogP) is 2.28. The van der Waals surface area contributed by atoms with Crippen molar-refractivity contribution in [2.75, 3.05) is 11.8 Å². The summed E-state index contributed by atoms with van der Waals surface area (Å²) in [4.78, 5) is 5.16. The lowest BCUT2D eigenvalue weighted by molar-refractivity contribution is 0.599. The Hall–Kier alpha value is -1.44. The molecular formula is C13H17N3O2S2. The van der Waals surface area contributed by atoms with E-state index in [9.17, 15) is 8.42 Å². The number of rotatable bonds is 5. The fraction of sp³-hybridized carbons (Fsp3) is 0.308. The Morgan fingerprint density at radius 1 is 1.30 bits per heavy atom. The smallest absolute Gasteiger partial charge is 0.263 e. The van der Waals surface area contributed by atoms with Crippen molar-refractivity contribution in [3.05, 3.63) is 39.8 Å². The standard InChI is InChI=1S/C13H17N3O2S2/c1-9-4-11(6-15-5-9)16-20(17,18)13-10(2)8-19-12(13)7-14-3/h4-6,8,14,16H,7H2,1-3H3. The number of aryl methyl sites for hydroxylation is 2. The van der Waals surface area contributed by atoms with Crippen LogP contribution in [0.25, 0.3) is 0 Å². The maximum atomic E-state index is 12.5. The van der Waals surface area contributed by atoms with E-state index in [4.69, 9.17) is 0 Å². The second-order valence-electron chi connectivity index (χ2n) is 4.56. The van der Waals surface area contributed by atoms with Gasteiger partial charge in [0.25, 0.3) is 10.0 Å². The largest absolute Gasteiger partial charge is 0.315 e. The second-order valence-corrected chi connectivity index (χ2v) is 7.14. The fourth-order valence-electron chi connectivity index (χ4n) is 1.95. The number of nitrogens with one attached hydrogen (secondary N) is 2. The number of pyridine rings is 1. The number of nitrogens with zero attached hydrogens (tertiary/aromatic N) is 1. The average molecular weight is 311 g/mol. The average Bonchev–Trinajstić information content (AvgIpc) is 2.71. The molecule has 0 bridgehead atoms. The van der Waals surface area contributed by atoms with Gasteiger partial charge in [0.1, 0.15) is 4.90 Å². The Morgan fingerprint density at radius 2 is 2.05 bits per heavy atom. The summed E-state index contributed by atoms with van der Waals surface area (Å²) in [6.45, 7) is 4.20. The van der Waals surface area contributed by atoms with Crippen LogP contribution in [0.2, 0.25) is 0 Å². The Bertz CT molecular complexity index is 708. The van der Waals surface area contributed by atoms with Gasteiger partial charge in [-0.25, -0.2) is 8.42 Å². The molecular weight excluding hydrogens is 294 g/mol. The van der Waals surface area contributed by atoms with Crippen LogP contribution in [0.4, 0.5) is 5.69 Å². The van der Waals surface area contributed by atoms with Crippen LogP contribution in [0, 0.1) is 13.8 Å². The summed E-state index contributed by atoms with van der Waals surface area (Å²) in [5, 5.41) is 4.85. The van der Waals surface area contributed by atoms with E-state index >= 15 is 0 Å². The molecule has 2 aromatic heterocycles. The van der Waals surface area contributed by atoms with Gasteiger partial charge >= 0.3 is 0 Å². The highest BCUT2D eigenvalue weighted by Crippen LogP contribution is 2.28. The van der Waals surface area contributed by atoms with E-state index in [0.717, 1.165) is 16.0 Å². The van der Waals surface area contributed by atoms with Gasteiger partial charge in [0.05, 0.1) is 11.9 Å². The molecule has 7 heteroatoms. The zero-order valence-corrected chi connectivity index (χ0v) is 13.2. The molecule has 0 saturated carbocycles.